The third kappa shape index (κ3) is 3.43. The number of likely N-dealkylation sites (tertiary alicyclic amines) is 1. The average molecular weight is 348 g/mol. The van der Waals surface area contributed by atoms with Crippen LogP contribution in [0.25, 0.3) is 10.8 Å². The molecule has 1 aromatic heterocycles. The SMILES string of the molecule is Cn1cc(CNC(=O)N2CCC[C@H]2Cc2cccc3ccccc23)cn1. The smallest absolute Gasteiger partial charge is 0.317 e. The van der Waals surface area contributed by atoms with E-state index < -0.39 is 0 Å². The molecule has 1 saturated heterocycles. The molecular formula is C21H24N4O. The lowest BCUT2D eigenvalue weighted by Crippen LogP contribution is -2.43. The summed E-state index contributed by atoms with van der Waals surface area (Å²) in [4.78, 5) is 14.7. The van der Waals surface area contributed by atoms with Crippen molar-refractivity contribution in [2.24, 2.45) is 7.05 Å². The number of urea groups is 1. The second-order valence-electron chi connectivity index (χ2n) is 7.01. The van der Waals surface area contributed by atoms with E-state index in [1.807, 2.05) is 18.1 Å². The third-order valence-electron chi connectivity index (χ3n) is 5.18. The quantitative estimate of drug-likeness (QED) is 0.785. The minimum absolute atomic E-state index is 0.0246. The lowest BCUT2D eigenvalue weighted by Gasteiger charge is -2.25. The summed E-state index contributed by atoms with van der Waals surface area (Å²) < 4.78 is 1.75. The maximum Gasteiger partial charge on any atom is 0.317 e. The third-order valence-corrected chi connectivity index (χ3v) is 5.18. The predicted molar refractivity (Wildman–Crippen MR) is 103 cm³/mol. The van der Waals surface area contributed by atoms with E-state index >= 15 is 0 Å². The number of nitrogens with zero attached hydrogens (tertiary/aromatic N) is 3. The summed E-state index contributed by atoms with van der Waals surface area (Å²) in [7, 11) is 1.88. The van der Waals surface area contributed by atoms with Crippen molar-refractivity contribution in [3.05, 3.63) is 66.0 Å². The van der Waals surface area contributed by atoms with E-state index in [1.54, 1.807) is 10.9 Å². The van der Waals surface area contributed by atoms with Crippen LogP contribution in [0.2, 0.25) is 0 Å². The molecule has 1 aliphatic rings. The molecule has 5 nitrogen and oxygen atoms in total. The number of rotatable bonds is 4. The Bertz CT molecular complexity index is 912. The van der Waals surface area contributed by atoms with Crippen LogP contribution in [0.1, 0.15) is 24.0 Å². The molecule has 1 fully saturated rings. The van der Waals surface area contributed by atoms with Gasteiger partial charge in [0.05, 0.1) is 6.20 Å². The van der Waals surface area contributed by atoms with Gasteiger partial charge in [-0.05, 0) is 35.6 Å². The summed E-state index contributed by atoms with van der Waals surface area (Å²) in [6.07, 6.45) is 6.75. The minimum Gasteiger partial charge on any atom is -0.334 e. The summed E-state index contributed by atoms with van der Waals surface area (Å²) in [6, 6.07) is 15.2. The summed E-state index contributed by atoms with van der Waals surface area (Å²) in [5.74, 6) is 0. The molecular weight excluding hydrogens is 324 g/mol. The number of carbonyl (C=O) groups is 1. The van der Waals surface area contributed by atoms with Gasteiger partial charge in [-0.15, -0.1) is 0 Å². The number of aromatic nitrogens is 2. The first-order valence-corrected chi connectivity index (χ1v) is 9.19. The number of fused-ring (bicyclic) bond motifs is 1. The van der Waals surface area contributed by atoms with Gasteiger partial charge in [-0.3, -0.25) is 4.68 Å². The van der Waals surface area contributed by atoms with E-state index in [4.69, 9.17) is 0 Å². The van der Waals surface area contributed by atoms with Crippen LogP contribution < -0.4 is 5.32 Å². The van der Waals surface area contributed by atoms with Gasteiger partial charge in [0.2, 0.25) is 0 Å². The van der Waals surface area contributed by atoms with Crippen molar-refractivity contribution < 1.29 is 4.79 Å². The van der Waals surface area contributed by atoms with Gasteiger partial charge in [0.25, 0.3) is 0 Å². The second kappa shape index (κ2) is 7.20. The van der Waals surface area contributed by atoms with E-state index in [0.717, 1.165) is 31.4 Å². The molecule has 0 unspecified atom stereocenters. The van der Waals surface area contributed by atoms with E-state index in [-0.39, 0.29) is 12.1 Å². The summed E-state index contributed by atoms with van der Waals surface area (Å²) in [5, 5.41) is 9.73. The number of benzene rings is 2. The average Bonchev–Trinajstić information content (AvgIpc) is 3.29. The van der Waals surface area contributed by atoms with Crippen LogP contribution in [0.3, 0.4) is 0 Å². The van der Waals surface area contributed by atoms with Crippen LogP contribution in [0.15, 0.2) is 54.9 Å². The van der Waals surface area contributed by atoms with Gasteiger partial charge >= 0.3 is 6.03 Å². The maximum atomic E-state index is 12.7. The van der Waals surface area contributed by atoms with Gasteiger partial charge in [-0.2, -0.15) is 5.10 Å². The number of carbonyl (C=O) groups excluding carboxylic acids is 1. The molecule has 2 aromatic carbocycles. The van der Waals surface area contributed by atoms with Crippen molar-refractivity contribution in [1.82, 2.24) is 20.0 Å². The van der Waals surface area contributed by atoms with Crippen LogP contribution in [0, 0.1) is 0 Å². The molecule has 0 saturated carbocycles. The Labute approximate surface area is 153 Å². The minimum atomic E-state index is 0.0246. The fourth-order valence-electron chi connectivity index (χ4n) is 3.88. The lowest BCUT2D eigenvalue weighted by atomic mass is 9.98. The highest BCUT2D eigenvalue weighted by Gasteiger charge is 2.29. The van der Waals surface area contributed by atoms with Gasteiger partial charge in [0.1, 0.15) is 0 Å². The Hall–Kier alpha value is -2.82. The molecule has 1 N–H and O–H groups in total. The number of amides is 2. The zero-order valence-corrected chi connectivity index (χ0v) is 15.1. The van der Waals surface area contributed by atoms with Crippen LogP contribution in [0.5, 0.6) is 0 Å². The first kappa shape index (κ1) is 16.6. The van der Waals surface area contributed by atoms with Crippen molar-refractivity contribution in [3.8, 4) is 0 Å². The lowest BCUT2D eigenvalue weighted by molar-refractivity contribution is 0.192. The summed E-state index contributed by atoms with van der Waals surface area (Å²) in [5.41, 5.74) is 2.34. The van der Waals surface area contributed by atoms with Crippen molar-refractivity contribution in [3.63, 3.8) is 0 Å². The van der Waals surface area contributed by atoms with Crippen molar-refractivity contribution >= 4 is 16.8 Å². The molecule has 134 valence electrons. The molecule has 1 atom stereocenters. The Kier molecular flexibility index (Phi) is 4.61. The van der Waals surface area contributed by atoms with Crippen LogP contribution in [0.4, 0.5) is 4.79 Å². The number of hydrogen-bond donors (Lipinski definition) is 1. The zero-order valence-electron chi connectivity index (χ0n) is 15.1. The fraction of sp³-hybridized carbons (Fsp3) is 0.333. The summed E-state index contributed by atoms with van der Waals surface area (Å²) in [6.45, 7) is 1.35. The predicted octanol–water partition coefficient (Wildman–Crippen LogP) is 3.49. The van der Waals surface area contributed by atoms with E-state index in [9.17, 15) is 4.79 Å². The molecule has 0 spiro atoms. The molecule has 26 heavy (non-hydrogen) atoms. The number of nitrogens with one attached hydrogen (secondary N) is 1. The second-order valence-corrected chi connectivity index (χ2v) is 7.01. The number of aryl methyl sites for hydroxylation is 1. The van der Waals surface area contributed by atoms with Crippen LogP contribution in [-0.2, 0) is 20.0 Å². The van der Waals surface area contributed by atoms with E-state index in [1.165, 1.54) is 16.3 Å². The van der Waals surface area contributed by atoms with Gasteiger partial charge in [-0.25, -0.2) is 4.79 Å². The van der Waals surface area contributed by atoms with Crippen molar-refractivity contribution in [2.45, 2.75) is 31.8 Å². The molecule has 2 amide bonds. The zero-order chi connectivity index (χ0) is 17.9. The highest BCUT2D eigenvalue weighted by atomic mass is 16.2. The first-order valence-electron chi connectivity index (χ1n) is 9.19. The molecule has 1 aliphatic heterocycles. The monoisotopic (exact) mass is 348 g/mol. The summed E-state index contributed by atoms with van der Waals surface area (Å²) >= 11 is 0. The van der Waals surface area contributed by atoms with Crippen LogP contribution in [-0.4, -0.2) is 33.3 Å². The normalized spacial score (nSPS) is 17.0. The van der Waals surface area contributed by atoms with Gasteiger partial charge in [0.15, 0.2) is 0 Å². The first-order chi connectivity index (χ1) is 12.7. The number of hydrogen-bond acceptors (Lipinski definition) is 2. The highest BCUT2D eigenvalue weighted by Crippen LogP contribution is 2.25. The van der Waals surface area contributed by atoms with E-state index in [2.05, 4.69) is 52.9 Å². The van der Waals surface area contributed by atoms with Crippen molar-refractivity contribution in [1.29, 1.82) is 0 Å². The molecule has 5 heteroatoms. The Morgan fingerprint density at radius 3 is 2.92 bits per heavy atom. The Balaban J connectivity index is 1.45. The van der Waals surface area contributed by atoms with Gasteiger partial charge in [0, 0.05) is 37.9 Å². The maximum absolute atomic E-state index is 12.7. The highest BCUT2D eigenvalue weighted by molar-refractivity contribution is 5.85. The van der Waals surface area contributed by atoms with E-state index in [0.29, 0.717) is 6.54 Å². The van der Waals surface area contributed by atoms with Gasteiger partial charge in [-0.1, -0.05) is 42.5 Å². The topological polar surface area (TPSA) is 50.2 Å². The van der Waals surface area contributed by atoms with Gasteiger partial charge < -0.3 is 10.2 Å². The molecule has 3 aromatic rings. The fourth-order valence-corrected chi connectivity index (χ4v) is 3.88. The Morgan fingerprint density at radius 2 is 2.08 bits per heavy atom. The molecule has 0 bridgehead atoms. The molecule has 0 radical (unpaired) electrons. The molecule has 4 rings (SSSR count). The molecule has 0 aliphatic carbocycles. The Morgan fingerprint density at radius 1 is 1.23 bits per heavy atom. The van der Waals surface area contributed by atoms with Crippen LogP contribution >= 0.6 is 0 Å². The van der Waals surface area contributed by atoms with Crippen molar-refractivity contribution in [2.75, 3.05) is 6.54 Å². The largest absolute Gasteiger partial charge is 0.334 e. The molecule has 2 heterocycles. The standard InChI is InChI=1S/C21H24N4O/c1-24-15-16(14-23-24)13-22-21(26)25-11-5-9-19(25)12-18-8-4-7-17-6-2-3-10-20(17)18/h2-4,6-8,10,14-15,19H,5,9,11-13H2,1H3,(H,22,26)/t19-/m0/s1.